The van der Waals surface area contributed by atoms with Crippen LogP contribution in [-0.2, 0) is 11.3 Å². The van der Waals surface area contributed by atoms with E-state index in [4.69, 9.17) is 0 Å². The predicted molar refractivity (Wildman–Crippen MR) is 81.1 cm³/mol. The van der Waals surface area contributed by atoms with E-state index in [0.717, 1.165) is 17.5 Å². The first-order valence-corrected chi connectivity index (χ1v) is 7.89. The lowest BCUT2D eigenvalue weighted by Gasteiger charge is -2.22. The molecule has 1 N–H and O–H groups in total. The number of rotatable bonds is 3. The molecule has 1 aromatic carbocycles. The lowest BCUT2D eigenvalue weighted by atomic mass is 9.95. The molecule has 1 aromatic heterocycles. The van der Waals surface area contributed by atoms with Crippen molar-refractivity contribution in [3.63, 3.8) is 0 Å². The molecule has 1 aliphatic rings. The molecule has 0 saturated heterocycles. The van der Waals surface area contributed by atoms with Gasteiger partial charge in [-0.05, 0) is 25.0 Å². The van der Waals surface area contributed by atoms with Crippen LogP contribution >= 0.6 is 11.5 Å². The van der Waals surface area contributed by atoms with Crippen molar-refractivity contribution < 1.29 is 4.79 Å². The van der Waals surface area contributed by atoms with Gasteiger partial charge in [0.15, 0.2) is 0 Å². The Kier molecular flexibility index (Phi) is 3.87. The molecule has 1 fully saturated rings. The van der Waals surface area contributed by atoms with Gasteiger partial charge in [0, 0.05) is 6.04 Å². The molecule has 0 unspecified atom stereocenters. The van der Waals surface area contributed by atoms with Crippen LogP contribution in [0.1, 0.15) is 32.1 Å². The highest BCUT2D eigenvalue weighted by Gasteiger charge is 2.17. The highest BCUT2D eigenvalue weighted by atomic mass is 32.1. The highest BCUT2D eigenvalue weighted by molar-refractivity contribution is 7.13. The Bertz CT molecular complexity index is 668. The first-order chi connectivity index (χ1) is 9.74. The van der Waals surface area contributed by atoms with Gasteiger partial charge < -0.3 is 5.32 Å². The van der Waals surface area contributed by atoms with Crippen molar-refractivity contribution in [2.24, 2.45) is 0 Å². The zero-order chi connectivity index (χ0) is 13.9. The Morgan fingerprint density at radius 2 is 2.00 bits per heavy atom. The second-order valence-corrected chi connectivity index (χ2v) is 6.39. The first-order valence-electron chi connectivity index (χ1n) is 7.12. The maximum Gasteiger partial charge on any atom is 0.268 e. The molecule has 1 aliphatic carbocycles. The van der Waals surface area contributed by atoms with E-state index in [2.05, 4.69) is 5.32 Å². The summed E-state index contributed by atoms with van der Waals surface area (Å²) in [4.78, 5) is 24.2. The van der Waals surface area contributed by atoms with Gasteiger partial charge >= 0.3 is 0 Å². The quantitative estimate of drug-likeness (QED) is 0.944. The number of hydrogen-bond acceptors (Lipinski definition) is 3. The van der Waals surface area contributed by atoms with Crippen molar-refractivity contribution in [2.75, 3.05) is 0 Å². The molecule has 0 atom stereocenters. The summed E-state index contributed by atoms with van der Waals surface area (Å²) in [6.45, 7) is 0.134. The van der Waals surface area contributed by atoms with E-state index in [1.807, 2.05) is 24.3 Å². The Hall–Kier alpha value is -1.62. The van der Waals surface area contributed by atoms with Crippen LogP contribution in [0.4, 0.5) is 0 Å². The molecule has 2 aromatic rings. The maximum absolute atomic E-state index is 12.1. The summed E-state index contributed by atoms with van der Waals surface area (Å²) in [5.41, 5.74) is -0.0654. The van der Waals surface area contributed by atoms with Crippen LogP contribution in [-0.4, -0.2) is 15.9 Å². The number of nitrogens with zero attached hydrogens (tertiary/aromatic N) is 1. The second-order valence-electron chi connectivity index (χ2n) is 5.33. The third kappa shape index (κ3) is 2.77. The van der Waals surface area contributed by atoms with Crippen molar-refractivity contribution in [3.05, 3.63) is 34.6 Å². The minimum absolute atomic E-state index is 0.0504. The van der Waals surface area contributed by atoms with Gasteiger partial charge in [-0.1, -0.05) is 42.9 Å². The van der Waals surface area contributed by atoms with E-state index in [9.17, 15) is 9.59 Å². The predicted octanol–water partition coefficient (Wildman–Crippen LogP) is 2.51. The Morgan fingerprint density at radius 1 is 1.25 bits per heavy atom. The second kappa shape index (κ2) is 5.79. The number of fused-ring (bicyclic) bond motifs is 1. The van der Waals surface area contributed by atoms with Crippen LogP contribution < -0.4 is 10.9 Å². The average Bonchev–Trinajstić information content (AvgIpc) is 2.77. The molecule has 0 spiro atoms. The summed E-state index contributed by atoms with van der Waals surface area (Å²) in [6.07, 6.45) is 5.77. The Labute approximate surface area is 121 Å². The summed E-state index contributed by atoms with van der Waals surface area (Å²) in [5, 5.41) is 3.74. The number of hydrogen-bond donors (Lipinski definition) is 1. The monoisotopic (exact) mass is 290 g/mol. The van der Waals surface area contributed by atoms with E-state index in [-0.39, 0.29) is 18.0 Å². The first kappa shape index (κ1) is 13.4. The number of benzene rings is 1. The van der Waals surface area contributed by atoms with Crippen LogP contribution in [0, 0.1) is 0 Å². The van der Waals surface area contributed by atoms with Crippen LogP contribution in [0.2, 0.25) is 0 Å². The third-order valence-corrected chi connectivity index (χ3v) is 4.88. The fraction of sp³-hybridized carbons (Fsp3) is 0.467. The molecule has 1 amide bonds. The summed E-state index contributed by atoms with van der Waals surface area (Å²) in [7, 11) is 0. The minimum Gasteiger partial charge on any atom is -0.352 e. The minimum atomic E-state index is -0.0654. The van der Waals surface area contributed by atoms with E-state index in [1.165, 1.54) is 30.8 Å². The molecule has 106 valence electrons. The van der Waals surface area contributed by atoms with Gasteiger partial charge in [-0.15, -0.1) is 0 Å². The van der Waals surface area contributed by atoms with Crippen molar-refractivity contribution in [1.82, 2.24) is 9.27 Å². The Balaban J connectivity index is 1.71. The fourth-order valence-corrected chi connectivity index (χ4v) is 3.77. The molecule has 0 bridgehead atoms. The summed E-state index contributed by atoms with van der Waals surface area (Å²) in [6, 6.07) is 7.77. The van der Waals surface area contributed by atoms with E-state index < -0.39 is 0 Å². The molecule has 4 nitrogen and oxygen atoms in total. The van der Waals surface area contributed by atoms with Gasteiger partial charge in [-0.3, -0.25) is 13.5 Å². The molecule has 0 radical (unpaired) electrons. The standard InChI is InChI=1S/C15H18N2O2S/c18-14(16-11-6-2-1-3-7-11)10-17-15(19)12-8-4-5-9-13(12)20-17/h4-5,8-9,11H,1-3,6-7,10H2,(H,16,18). The van der Waals surface area contributed by atoms with E-state index in [0.29, 0.717) is 11.4 Å². The van der Waals surface area contributed by atoms with Crippen LogP contribution in [0.3, 0.4) is 0 Å². The summed E-state index contributed by atoms with van der Waals surface area (Å²) >= 11 is 1.36. The van der Waals surface area contributed by atoms with Crippen LogP contribution in [0.25, 0.3) is 10.1 Å². The van der Waals surface area contributed by atoms with Gasteiger partial charge in [0.2, 0.25) is 5.91 Å². The van der Waals surface area contributed by atoms with Crippen LogP contribution in [0.15, 0.2) is 29.1 Å². The smallest absolute Gasteiger partial charge is 0.268 e. The van der Waals surface area contributed by atoms with Gasteiger partial charge in [0.1, 0.15) is 6.54 Å². The van der Waals surface area contributed by atoms with Gasteiger partial charge in [0.05, 0.1) is 10.1 Å². The maximum atomic E-state index is 12.1. The number of amides is 1. The fourth-order valence-electron chi connectivity index (χ4n) is 2.77. The molecular weight excluding hydrogens is 272 g/mol. The normalized spacial score (nSPS) is 16.4. The largest absolute Gasteiger partial charge is 0.352 e. The molecule has 3 rings (SSSR count). The molecule has 1 saturated carbocycles. The number of carbonyl (C=O) groups is 1. The molecule has 0 aliphatic heterocycles. The summed E-state index contributed by atoms with van der Waals surface area (Å²) in [5.74, 6) is -0.0504. The average molecular weight is 290 g/mol. The van der Waals surface area contributed by atoms with Gasteiger partial charge in [0.25, 0.3) is 5.56 Å². The van der Waals surface area contributed by atoms with E-state index in [1.54, 1.807) is 3.96 Å². The van der Waals surface area contributed by atoms with Crippen molar-refractivity contribution in [1.29, 1.82) is 0 Å². The van der Waals surface area contributed by atoms with Gasteiger partial charge in [-0.25, -0.2) is 0 Å². The van der Waals surface area contributed by atoms with Crippen LogP contribution in [0.5, 0.6) is 0 Å². The van der Waals surface area contributed by atoms with Crippen molar-refractivity contribution in [2.45, 2.75) is 44.7 Å². The zero-order valence-electron chi connectivity index (χ0n) is 11.3. The molecular formula is C15H18N2O2S. The van der Waals surface area contributed by atoms with Gasteiger partial charge in [-0.2, -0.15) is 0 Å². The third-order valence-electron chi connectivity index (χ3n) is 3.81. The topological polar surface area (TPSA) is 51.1 Å². The zero-order valence-corrected chi connectivity index (χ0v) is 12.1. The lowest BCUT2D eigenvalue weighted by molar-refractivity contribution is -0.122. The van der Waals surface area contributed by atoms with Crippen molar-refractivity contribution in [3.8, 4) is 0 Å². The number of aromatic nitrogens is 1. The SMILES string of the molecule is O=C(Cn1sc2ccccc2c1=O)NC1CCCCC1. The lowest BCUT2D eigenvalue weighted by Crippen LogP contribution is -2.39. The molecule has 1 heterocycles. The highest BCUT2D eigenvalue weighted by Crippen LogP contribution is 2.18. The van der Waals surface area contributed by atoms with Crippen molar-refractivity contribution >= 4 is 27.5 Å². The number of nitrogens with one attached hydrogen (secondary N) is 1. The molecule has 20 heavy (non-hydrogen) atoms. The Morgan fingerprint density at radius 3 is 2.75 bits per heavy atom. The molecule has 5 heteroatoms. The van der Waals surface area contributed by atoms with E-state index >= 15 is 0 Å². The number of carbonyl (C=O) groups excluding carboxylic acids is 1. The summed E-state index contributed by atoms with van der Waals surface area (Å²) < 4.78 is 2.48.